The molecule has 4 N–H and O–H groups in total. The molecule has 0 atom stereocenters. The lowest BCUT2D eigenvalue weighted by atomic mass is 10.2. The highest BCUT2D eigenvalue weighted by molar-refractivity contribution is 7.89. The molecule has 0 radical (unpaired) electrons. The molecule has 0 bridgehead atoms. The predicted molar refractivity (Wildman–Crippen MR) is 49.7 cm³/mol. The van der Waals surface area contributed by atoms with Crippen molar-refractivity contribution in [3.05, 3.63) is 17.3 Å². The zero-order chi connectivity index (χ0) is 12.5. The van der Waals surface area contributed by atoms with Gasteiger partial charge >= 0.3 is 0 Å². The molecule has 0 aromatic carbocycles. The Morgan fingerprint density at radius 3 is 2.44 bits per heavy atom. The van der Waals surface area contributed by atoms with Crippen LogP contribution in [-0.4, -0.2) is 13.4 Å². The van der Waals surface area contributed by atoms with Crippen LogP contribution in [0.3, 0.4) is 0 Å². The van der Waals surface area contributed by atoms with E-state index in [2.05, 4.69) is 4.98 Å². The number of anilines is 1. The summed E-state index contributed by atoms with van der Waals surface area (Å²) >= 11 is 0. The van der Waals surface area contributed by atoms with Crippen LogP contribution < -0.4 is 10.9 Å². The predicted octanol–water partition coefficient (Wildman–Crippen LogP) is 0.120. The molecule has 0 unspecified atom stereocenters. The van der Waals surface area contributed by atoms with E-state index in [9.17, 15) is 17.2 Å². The zero-order valence-electron chi connectivity index (χ0n) is 7.68. The van der Waals surface area contributed by atoms with Crippen molar-refractivity contribution in [3.63, 3.8) is 0 Å². The van der Waals surface area contributed by atoms with Gasteiger partial charge in [-0.05, 0) is 6.07 Å². The summed E-state index contributed by atoms with van der Waals surface area (Å²) in [4.78, 5) is 2.49. The number of nitriles is 1. The lowest BCUT2D eigenvalue weighted by Gasteiger charge is -2.07. The first-order valence-corrected chi connectivity index (χ1v) is 5.33. The van der Waals surface area contributed by atoms with Gasteiger partial charge in [-0.2, -0.15) is 5.26 Å². The molecular formula is C7H6F2N4O2S. The number of hydrogen-bond donors (Lipinski definition) is 2. The first-order chi connectivity index (χ1) is 7.27. The molecular weight excluding hydrogens is 242 g/mol. The molecule has 1 rings (SSSR count). The molecule has 0 aliphatic carbocycles. The monoisotopic (exact) mass is 248 g/mol. The molecule has 9 heteroatoms. The van der Waals surface area contributed by atoms with Crippen LogP contribution in [0.4, 0.5) is 14.6 Å². The molecule has 0 aliphatic rings. The van der Waals surface area contributed by atoms with Crippen LogP contribution >= 0.6 is 0 Å². The van der Waals surface area contributed by atoms with Gasteiger partial charge in [-0.25, -0.2) is 27.3 Å². The van der Waals surface area contributed by atoms with Crippen LogP contribution in [-0.2, 0) is 10.0 Å². The molecule has 1 aromatic rings. The number of aromatic nitrogens is 1. The lowest BCUT2D eigenvalue weighted by Crippen LogP contribution is -2.16. The highest BCUT2D eigenvalue weighted by atomic mass is 32.2. The lowest BCUT2D eigenvalue weighted by molar-refractivity contribution is 0.151. The van der Waals surface area contributed by atoms with Gasteiger partial charge in [-0.3, -0.25) is 0 Å². The van der Waals surface area contributed by atoms with Crippen molar-refractivity contribution in [2.24, 2.45) is 5.14 Å². The maximum Gasteiger partial charge on any atom is 0.267 e. The minimum Gasteiger partial charge on any atom is -0.383 e. The fraction of sp³-hybridized carbons (Fsp3) is 0.143. The summed E-state index contributed by atoms with van der Waals surface area (Å²) in [5.41, 5.74) is 3.75. The number of nitrogen functional groups attached to an aromatic ring is 1. The number of pyridine rings is 1. The van der Waals surface area contributed by atoms with Crippen LogP contribution in [0.5, 0.6) is 0 Å². The summed E-state index contributed by atoms with van der Waals surface area (Å²) in [6, 6.07) is 1.97. The van der Waals surface area contributed by atoms with Crippen molar-refractivity contribution >= 4 is 15.8 Å². The average Bonchev–Trinajstić information content (AvgIpc) is 2.14. The van der Waals surface area contributed by atoms with E-state index in [1.165, 1.54) is 6.07 Å². The maximum atomic E-state index is 12.4. The van der Waals surface area contributed by atoms with Crippen molar-refractivity contribution < 1.29 is 17.2 Å². The standard InChI is InChI=1S/C7H6F2N4O2S/c8-6(9)3-1-5(16(12,14)15)4(2-10)13-7(3)11/h1,6H,(H2,11,13)(H2,12,14,15). The molecule has 0 amide bonds. The van der Waals surface area contributed by atoms with E-state index in [4.69, 9.17) is 16.1 Å². The molecule has 6 nitrogen and oxygen atoms in total. The molecule has 86 valence electrons. The number of alkyl halides is 2. The van der Waals surface area contributed by atoms with E-state index < -0.39 is 38.4 Å². The van der Waals surface area contributed by atoms with Crippen LogP contribution in [0.1, 0.15) is 17.7 Å². The van der Waals surface area contributed by atoms with E-state index in [-0.39, 0.29) is 0 Å². The van der Waals surface area contributed by atoms with Crippen molar-refractivity contribution in [3.8, 4) is 6.07 Å². The Morgan fingerprint density at radius 2 is 2.06 bits per heavy atom. The molecule has 0 aliphatic heterocycles. The van der Waals surface area contributed by atoms with Crippen molar-refractivity contribution in [1.82, 2.24) is 4.98 Å². The summed E-state index contributed by atoms with van der Waals surface area (Å²) < 4.78 is 46.8. The Kier molecular flexibility index (Phi) is 3.06. The summed E-state index contributed by atoms with van der Waals surface area (Å²) in [7, 11) is -4.29. The summed E-state index contributed by atoms with van der Waals surface area (Å²) in [5, 5.41) is 13.3. The maximum absolute atomic E-state index is 12.4. The smallest absolute Gasteiger partial charge is 0.267 e. The van der Waals surface area contributed by atoms with E-state index >= 15 is 0 Å². The van der Waals surface area contributed by atoms with E-state index in [1.54, 1.807) is 0 Å². The first kappa shape index (κ1) is 12.3. The number of nitrogens with zero attached hydrogens (tertiary/aromatic N) is 2. The van der Waals surface area contributed by atoms with E-state index in [1.807, 2.05) is 0 Å². The Hall–Kier alpha value is -1.79. The highest BCUT2D eigenvalue weighted by Crippen LogP contribution is 2.27. The molecule has 0 saturated heterocycles. The second-order valence-corrected chi connectivity index (χ2v) is 4.30. The zero-order valence-corrected chi connectivity index (χ0v) is 8.50. The van der Waals surface area contributed by atoms with Crippen LogP contribution in [0, 0.1) is 11.3 Å². The van der Waals surface area contributed by atoms with Crippen LogP contribution in [0.15, 0.2) is 11.0 Å². The second-order valence-electron chi connectivity index (χ2n) is 2.77. The third-order valence-corrected chi connectivity index (χ3v) is 2.62. The number of nitrogens with two attached hydrogens (primary N) is 2. The number of hydrogen-bond acceptors (Lipinski definition) is 5. The van der Waals surface area contributed by atoms with Crippen molar-refractivity contribution in [2.45, 2.75) is 11.3 Å². The SMILES string of the molecule is N#Cc1nc(N)c(C(F)F)cc1S(N)(=O)=O. The number of rotatable bonds is 2. The Morgan fingerprint density at radius 1 is 1.50 bits per heavy atom. The molecule has 1 heterocycles. The number of halogens is 2. The largest absolute Gasteiger partial charge is 0.383 e. The van der Waals surface area contributed by atoms with Gasteiger partial charge in [0.2, 0.25) is 10.0 Å². The highest BCUT2D eigenvalue weighted by Gasteiger charge is 2.22. The number of sulfonamides is 1. The van der Waals surface area contributed by atoms with E-state index in [0.717, 1.165) is 0 Å². The minimum absolute atomic E-state index is 0.556. The molecule has 0 fully saturated rings. The van der Waals surface area contributed by atoms with Gasteiger partial charge in [0.1, 0.15) is 16.8 Å². The Bertz CT molecular complexity index is 564. The first-order valence-electron chi connectivity index (χ1n) is 3.79. The quantitative estimate of drug-likeness (QED) is 0.769. The third kappa shape index (κ3) is 2.23. The molecule has 1 aromatic heterocycles. The molecule has 16 heavy (non-hydrogen) atoms. The number of primary sulfonamides is 1. The van der Waals surface area contributed by atoms with Gasteiger partial charge in [0.15, 0.2) is 5.69 Å². The average molecular weight is 248 g/mol. The summed E-state index contributed by atoms with van der Waals surface area (Å²) in [6.45, 7) is 0. The molecule has 0 spiro atoms. The van der Waals surface area contributed by atoms with Gasteiger partial charge in [0.25, 0.3) is 6.43 Å². The molecule has 0 saturated carbocycles. The van der Waals surface area contributed by atoms with Crippen LogP contribution in [0.2, 0.25) is 0 Å². The van der Waals surface area contributed by atoms with Crippen LogP contribution in [0.25, 0.3) is 0 Å². The van der Waals surface area contributed by atoms with Crippen molar-refractivity contribution in [2.75, 3.05) is 5.73 Å². The second kappa shape index (κ2) is 3.99. The fourth-order valence-electron chi connectivity index (χ4n) is 0.995. The minimum atomic E-state index is -4.29. The van der Waals surface area contributed by atoms with Gasteiger partial charge in [-0.1, -0.05) is 0 Å². The Labute approximate surface area is 89.5 Å². The van der Waals surface area contributed by atoms with E-state index in [0.29, 0.717) is 6.07 Å². The summed E-state index contributed by atoms with van der Waals surface area (Å²) in [5.74, 6) is -0.598. The van der Waals surface area contributed by atoms with Gasteiger partial charge in [-0.15, -0.1) is 0 Å². The third-order valence-electron chi connectivity index (χ3n) is 1.70. The van der Waals surface area contributed by atoms with Crippen molar-refractivity contribution in [1.29, 1.82) is 5.26 Å². The van der Waals surface area contributed by atoms with Gasteiger partial charge in [0.05, 0.1) is 5.56 Å². The topological polar surface area (TPSA) is 123 Å². The fourth-order valence-corrected chi connectivity index (χ4v) is 1.65. The van der Waals surface area contributed by atoms with Gasteiger partial charge in [0, 0.05) is 0 Å². The normalized spacial score (nSPS) is 11.4. The Balaban J connectivity index is 3.62. The summed E-state index contributed by atoms with van der Waals surface area (Å²) in [6.07, 6.45) is -3.00. The van der Waals surface area contributed by atoms with Gasteiger partial charge < -0.3 is 5.73 Å².